The molecule has 2 heterocycles. The first-order valence-corrected chi connectivity index (χ1v) is 10.4. The van der Waals surface area contributed by atoms with E-state index < -0.39 is 29.3 Å². The smallest absolute Gasteiger partial charge is 0.165 e. The van der Waals surface area contributed by atoms with Crippen LogP contribution in [0, 0.1) is 11.1 Å². The lowest BCUT2D eigenvalue weighted by Crippen LogP contribution is -2.81. The van der Waals surface area contributed by atoms with Crippen molar-refractivity contribution in [2.75, 3.05) is 13.1 Å². The Hall–Kier alpha value is -1.34. The van der Waals surface area contributed by atoms with E-state index in [2.05, 4.69) is 0 Å². The summed E-state index contributed by atoms with van der Waals surface area (Å²) >= 11 is 0. The Kier molecular flexibility index (Phi) is 3.06. The highest BCUT2D eigenvalue weighted by Gasteiger charge is 2.75. The van der Waals surface area contributed by atoms with Crippen LogP contribution in [0.5, 0.6) is 11.5 Å². The number of hydrogen-bond acceptors (Lipinski definition) is 5. The molecule has 27 heavy (non-hydrogen) atoms. The molecule has 1 saturated heterocycles. The van der Waals surface area contributed by atoms with Gasteiger partial charge in [-0.05, 0) is 37.3 Å². The first-order chi connectivity index (χ1) is 12.9. The van der Waals surface area contributed by atoms with Crippen molar-refractivity contribution in [3.63, 3.8) is 0 Å². The predicted octanol–water partition coefficient (Wildman–Crippen LogP) is 1.72. The number of aliphatic hydroxyl groups is 2. The summed E-state index contributed by atoms with van der Waals surface area (Å²) in [5, 5.41) is 47.2. The molecular weight excluding hydrogens is 346 g/mol. The van der Waals surface area contributed by atoms with Gasteiger partial charge in [-0.1, -0.05) is 12.5 Å². The van der Waals surface area contributed by atoms with Gasteiger partial charge in [0.25, 0.3) is 0 Å². The number of hydroxylamine groups is 3. The van der Waals surface area contributed by atoms with Crippen LogP contribution < -0.4 is 4.74 Å². The molecule has 0 radical (unpaired) electrons. The van der Waals surface area contributed by atoms with Gasteiger partial charge in [-0.25, -0.2) is 0 Å². The monoisotopic (exact) mass is 373 g/mol. The van der Waals surface area contributed by atoms with Crippen LogP contribution in [-0.4, -0.2) is 56.9 Å². The van der Waals surface area contributed by atoms with Crippen LogP contribution in [0.25, 0.3) is 0 Å². The van der Waals surface area contributed by atoms with Gasteiger partial charge in [0.2, 0.25) is 0 Å². The molecule has 6 nitrogen and oxygen atoms in total. The van der Waals surface area contributed by atoms with E-state index in [4.69, 9.17) is 4.74 Å². The van der Waals surface area contributed by atoms with E-state index in [1.807, 2.05) is 6.07 Å². The molecule has 146 valence electrons. The lowest BCUT2D eigenvalue weighted by Gasteiger charge is -2.68. The molecule has 0 amide bonds. The average Bonchev–Trinajstić information content (AvgIpc) is 2.97. The van der Waals surface area contributed by atoms with E-state index in [1.165, 1.54) is 6.42 Å². The Labute approximate surface area is 158 Å². The van der Waals surface area contributed by atoms with Gasteiger partial charge in [0.15, 0.2) is 11.5 Å². The zero-order valence-electron chi connectivity index (χ0n) is 15.4. The number of hydrogen-bond donors (Lipinski definition) is 3. The lowest BCUT2D eigenvalue weighted by molar-refractivity contribution is -0.926. The summed E-state index contributed by atoms with van der Waals surface area (Å²) in [6.07, 6.45) is 4.03. The van der Waals surface area contributed by atoms with Gasteiger partial charge in [0.05, 0.1) is 24.6 Å². The number of phenolic OH excluding ortho intramolecular Hbond substituents is 1. The molecular formula is C21H27NO5. The molecule has 1 spiro atoms. The van der Waals surface area contributed by atoms with Gasteiger partial charge in [0.1, 0.15) is 17.7 Å². The summed E-state index contributed by atoms with van der Waals surface area (Å²) in [6.45, 7) is 1.04. The molecule has 3 N–H and O–H groups in total. The molecule has 6 heteroatoms. The van der Waals surface area contributed by atoms with Gasteiger partial charge in [-0.15, -0.1) is 0 Å². The third-order valence-electron chi connectivity index (χ3n) is 8.55. The summed E-state index contributed by atoms with van der Waals surface area (Å²) in [5.74, 6) is 0.954. The number of quaternary nitrogens is 1. The molecule has 5 aliphatic rings. The SMILES string of the molecule is [O-][N+]1(CC2CCC2)CC[C@]23c4c5ccc(O)c4O[C@H]2[C@@H](O)CC[C@@]3(O)[C@H]1C5. The molecule has 2 bridgehead atoms. The summed E-state index contributed by atoms with van der Waals surface area (Å²) in [4.78, 5) is 0. The quantitative estimate of drug-likeness (QED) is 0.542. The molecule has 6 atom stereocenters. The van der Waals surface area contributed by atoms with Crippen molar-refractivity contribution in [1.82, 2.24) is 0 Å². The highest BCUT2D eigenvalue weighted by atomic mass is 16.6. The van der Waals surface area contributed by atoms with Crippen LogP contribution in [-0.2, 0) is 11.8 Å². The van der Waals surface area contributed by atoms with Crippen molar-refractivity contribution in [3.05, 3.63) is 28.5 Å². The molecule has 1 unspecified atom stereocenters. The van der Waals surface area contributed by atoms with Crippen molar-refractivity contribution < 1.29 is 24.7 Å². The van der Waals surface area contributed by atoms with Gasteiger partial charge in [-0.3, -0.25) is 0 Å². The Morgan fingerprint density at radius 1 is 1.22 bits per heavy atom. The van der Waals surface area contributed by atoms with Crippen LogP contribution in [0.15, 0.2) is 12.1 Å². The Morgan fingerprint density at radius 2 is 2.04 bits per heavy atom. The van der Waals surface area contributed by atoms with Crippen LogP contribution in [0.1, 0.15) is 49.7 Å². The van der Waals surface area contributed by atoms with Gasteiger partial charge < -0.3 is 29.9 Å². The number of piperidine rings is 1. The standard InChI is InChI=1S/C21H27NO5/c23-14-5-4-13-10-16-21(25)7-6-15(24)19-20(21,17(13)18(14)27-19)8-9-22(16,26)11-12-2-1-3-12/h4-5,12,15-16,19,23-25H,1-3,6-11H2/t15-,16+,19-,20-,21+,22?/m0/s1. The summed E-state index contributed by atoms with van der Waals surface area (Å²) < 4.78 is 5.78. The lowest BCUT2D eigenvalue weighted by atomic mass is 9.48. The second-order valence-electron chi connectivity index (χ2n) is 9.61. The van der Waals surface area contributed by atoms with Crippen LogP contribution in [0.4, 0.5) is 0 Å². The maximum absolute atomic E-state index is 14.0. The first kappa shape index (κ1) is 16.6. The predicted molar refractivity (Wildman–Crippen MR) is 97.2 cm³/mol. The zero-order valence-corrected chi connectivity index (χ0v) is 15.4. The Bertz CT molecular complexity index is 825. The molecule has 3 aliphatic carbocycles. The van der Waals surface area contributed by atoms with Gasteiger partial charge in [-0.2, -0.15) is 0 Å². The van der Waals surface area contributed by atoms with Crippen molar-refractivity contribution >= 4 is 0 Å². The number of benzene rings is 1. The minimum absolute atomic E-state index is 0.0634. The third kappa shape index (κ3) is 1.77. The number of likely N-dealkylation sites (tertiary alicyclic amines) is 1. The second-order valence-corrected chi connectivity index (χ2v) is 9.61. The number of nitrogens with zero attached hydrogens (tertiary/aromatic N) is 1. The third-order valence-corrected chi connectivity index (χ3v) is 8.55. The van der Waals surface area contributed by atoms with Crippen molar-refractivity contribution in [3.8, 4) is 11.5 Å². The average molecular weight is 373 g/mol. The van der Waals surface area contributed by atoms with Crippen LogP contribution in [0.3, 0.4) is 0 Å². The topological polar surface area (TPSA) is 93.0 Å². The Morgan fingerprint density at radius 3 is 2.78 bits per heavy atom. The molecule has 6 rings (SSSR count). The number of phenols is 1. The fourth-order valence-electron chi connectivity index (χ4n) is 7.11. The minimum atomic E-state index is -1.19. The largest absolute Gasteiger partial charge is 0.632 e. The molecule has 2 aliphatic heterocycles. The first-order valence-electron chi connectivity index (χ1n) is 10.4. The molecule has 1 aromatic carbocycles. The summed E-state index contributed by atoms with van der Waals surface area (Å²) in [7, 11) is 0. The molecule has 1 aromatic rings. The van der Waals surface area contributed by atoms with E-state index >= 15 is 0 Å². The van der Waals surface area contributed by atoms with Crippen LogP contribution in [0.2, 0.25) is 0 Å². The second kappa shape index (κ2) is 4.98. The maximum Gasteiger partial charge on any atom is 0.165 e. The summed E-state index contributed by atoms with van der Waals surface area (Å²) in [5.41, 5.74) is -0.101. The van der Waals surface area contributed by atoms with E-state index in [-0.39, 0.29) is 10.4 Å². The zero-order chi connectivity index (χ0) is 18.6. The summed E-state index contributed by atoms with van der Waals surface area (Å²) in [6, 6.07) is 3.09. The normalized spacial score (nSPS) is 47.1. The Balaban J connectivity index is 1.55. The van der Waals surface area contributed by atoms with E-state index in [9.17, 15) is 20.5 Å². The fourth-order valence-corrected chi connectivity index (χ4v) is 7.11. The molecule has 3 fully saturated rings. The van der Waals surface area contributed by atoms with E-state index in [0.717, 1.165) is 24.0 Å². The highest BCUT2D eigenvalue weighted by Crippen LogP contribution is 2.66. The van der Waals surface area contributed by atoms with Gasteiger partial charge >= 0.3 is 0 Å². The van der Waals surface area contributed by atoms with Crippen LogP contribution >= 0.6 is 0 Å². The fraction of sp³-hybridized carbons (Fsp3) is 0.714. The van der Waals surface area contributed by atoms with Crippen molar-refractivity contribution in [2.45, 2.75) is 74.2 Å². The molecule has 2 saturated carbocycles. The molecule has 0 aromatic heterocycles. The van der Waals surface area contributed by atoms with Gasteiger partial charge in [0, 0.05) is 24.3 Å². The van der Waals surface area contributed by atoms with E-state index in [1.54, 1.807) is 6.07 Å². The van der Waals surface area contributed by atoms with Crippen molar-refractivity contribution in [1.29, 1.82) is 0 Å². The number of rotatable bonds is 2. The number of ether oxygens (including phenoxy) is 1. The highest BCUT2D eigenvalue weighted by molar-refractivity contribution is 5.62. The minimum Gasteiger partial charge on any atom is -0.632 e. The van der Waals surface area contributed by atoms with E-state index in [0.29, 0.717) is 50.4 Å². The number of aromatic hydroxyl groups is 1. The number of aliphatic hydroxyl groups excluding tert-OH is 1. The maximum atomic E-state index is 14.0. The van der Waals surface area contributed by atoms with Crippen molar-refractivity contribution in [2.24, 2.45) is 5.92 Å².